The van der Waals surface area contributed by atoms with Gasteiger partial charge < -0.3 is 9.47 Å². The minimum absolute atomic E-state index is 0.223. The maximum atomic E-state index is 14.6. The molecule has 188 valence electrons. The molecule has 2 aromatic heterocycles. The number of pyridine rings is 2. The monoisotopic (exact) mass is 503 g/mol. The molecule has 0 radical (unpaired) electrons. The van der Waals surface area contributed by atoms with Crippen molar-refractivity contribution in [2.24, 2.45) is 7.05 Å². The molecule has 0 aliphatic carbocycles. The summed E-state index contributed by atoms with van der Waals surface area (Å²) in [6, 6.07) is 17.8. The third-order valence-electron chi connectivity index (χ3n) is 6.93. The first kappa shape index (κ1) is 24.5. The third-order valence-corrected chi connectivity index (χ3v) is 6.93. The summed E-state index contributed by atoms with van der Waals surface area (Å²) in [7, 11) is 1.64. The summed E-state index contributed by atoms with van der Waals surface area (Å²) in [6.07, 6.45) is 0. The number of aromatic nitrogens is 2. The van der Waals surface area contributed by atoms with Gasteiger partial charge in [-0.3, -0.25) is 9.69 Å². The second-order valence-electron chi connectivity index (χ2n) is 9.10. The minimum atomic E-state index is -0.672. The topological polar surface area (TPSA) is 65.2 Å². The van der Waals surface area contributed by atoms with E-state index in [9.17, 15) is 23.2 Å². The summed E-state index contributed by atoms with van der Waals surface area (Å²) in [6.45, 7) is 0.462. The number of fused-ring (bicyclic) bond motifs is 1. The van der Waals surface area contributed by atoms with Crippen molar-refractivity contribution in [3.05, 3.63) is 106 Å². The number of benzene rings is 2. The molecule has 0 unspecified atom stereocenters. The number of rotatable bonds is 5. The van der Waals surface area contributed by atoms with Gasteiger partial charge in [-0.25, -0.2) is 18.2 Å². The second kappa shape index (κ2) is 10.1. The number of nitrogens with zero attached hydrogens (tertiary/aromatic N) is 5. The highest BCUT2D eigenvalue weighted by molar-refractivity contribution is 5.88. The molecule has 0 N–H and O–H groups in total. The van der Waals surface area contributed by atoms with Crippen LogP contribution in [0.25, 0.3) is 11.0 Å². The van der Waals surface area contributed by atoms with Crippen molar-refractivity contribution in [1.29, 1.82) is 5.26 Å². The fourth-order valence-electron chi connectivity index (χ4n) is 5.05. The van der Waals surface area contributed by atoms with Gasteiger partial charge in [0.15, 0.2) is 0 Å². The minimum Gasteiger partial charge on any atom is -0.367 e. The first-order valence-electron chi connectivity index (χ1n) is 11.9. The Bertz CT molecular complexity index is 1480. The van der Waals surface area contributed by atoms with Crippen LogP contribution in [0.3, 0.4) is 0 Å². The molecule has 3 heterocycles. The summed E-state index contributed by atoms with van der Waals surface area (Å²) in [4.78, 5) is 21.1. The van der Waals surface area contributed by atoms with Crippen LogP contribution in [0.1, 0.15) is 22.9 Å². The summed E-state index contributed by atoms with van der Waals surface area (Å²) in [5.41, 5.74) is 3.15. The Balaban J connectivity index is 1.54. The Morgan fingerprint density at radius 2 is 1.62 bits per heavy atom. The lowest BCUT2D eigenvalue weighted by atomic mass is 9.94. The van der Waals surface area contributed by atoms with E-state index in [2.05, 4.69) is 4.98 Å². The van der Waals surface area contributed by atoms with Crippen LogP contribution in [-0.2, 0) is 7.05 Å². The number of hydrogen-bond donors (Lipinski definition) is 0. The van der Waals surface area contributed by atoms with Gasteiger partial charge in [-0.05, 0) is 47.5 Å². The predicted molar refractivity (Wildman–Crippen MR) is 135 cm³/mol. The van der Waals surface area contributed by atoms with Gasteiger partial charge in [0, 0.05) is 32.7 Å². The Labute approximate surface area is 211 Å². The van der Waals surface area contributed by atoms with Gasteiger partial charge in [-0.1, -0.05) is 24.3 Å². The number of aryl methyl sites for hydroxylation is 1. The van der Waals surface area contributed by atoms with Crippen molar-refractivity contribution in [2.75, 3.05) is 31.2 Å². The number of halogens is 3. The van der Waals surface area contributed by atoms with E-state index in [1.54, 1.807) is 43.4 Å². The van der Waals surface area contributed by atoms with E-state index in [-0.39, 0.29) is 29.4 Å². The molecule has 2 aromatic carbocycles. The Morgan fingerprint density at radius 1 is 1.00 bits per heavy atom. The molecule has 1 saturated heterocycles. The van der Waals surface area contributed by atoms with Crippen LogP contribution in [0.4, 0.5) is 18.9 Å². The van der Waals surface area contributed by atoms with Crippen LogP contribution in [0, 0.1) is 23.0 Å². The number of alkyl halides is 1. The lowest BCUT2D eigenvalue weighted by Crippen LogP contribution is -2.55. The van der Waals surface area contributed by atoms with Gasteiger partial charge in [0.25, 0.3) is 5.56 Å². The Morgan fingerprint density at radius 3 is 2.19 bits per heavy atom. The molecule has 1 fully saturated rings. The molecule has 1 aliphatic rings. The average Bonchev–Trinajstić information content (AvgIpc) is 2.92. The fraction of sp³-hybridized carbons (Fsp3) is 0.250. The highest BCUT2D eigenvalue weighted by atomic mass is 19.1. The summed E-state index contributed by atoms with van der Waals surface area (Å²) < 4.78 is 43.4. The van der Waals surface area contributed by atoms with Crippen LogP contribution in [0.15, 0.2) is 71.5 Å². The molecule has 1 atom stereocenters. The normalized spacial score (nSPS) is 16.3. The van der Waals surface area contributed by atoms with Gasteiger partial charge in [0.05, 0.1) is 23.3 Å². The van der Waals surface area contributed by atoms with Crippen molar-refractivity contribution >= 4 is 16.7 Å². The quantitative estimate of drug-likeness (QED) is 0.406. The molecule has 0 amide bonds. The first-order chi connectivity index (χ1) is 17.9. The lowest BCUT2D eigenvalue weighted by molar-refractivity contribution is 0.116. The standard InChI is InChI=1S/C28H24F3N5O/c1-34-24-11-10-22(16-32)33-27(24)25(14-26(34)37)35-12-13-36(23(15-29)17-35)28(18-2-6-20(30)7-3-18)19-4-8-21(31)9-5-19/h2-11,14,23,28H,12-13,15,17H2,1H3/t23-/m1/s1. The van der Waals surface area contributed by atoms with Gasteiger partial charge in [-0.15, -0.1) is 0 Å². The molecule has 0 saturated carbocycles. The van der Waals surface area contributed by atoms with Gasteiger partial charge >= 0.3 is 0 Å². The molecule has 4 aromatic rings. The summed E-state index contributed by atoms with van der Waals surface area (Å²) in [5, 5.41) is 9.35. The number of nitriles is 1. The summed E-state index contributed by atoms with van der Waals surface area (Å²) >= 11 is 0. The summed E-state index contributed by atoms with van der Waals surface area (Å²) in [5.74, 6) is -0.759. The molecule has 1 aliphatic heterocycles. The van der Waals surface area contributed by atoms with E-state index in [0.717, 1.165) is 11.1 Å². The van der Waals surface area contributed by atoms with Crippen LogP contribution < -0.4 is 10.5 Å². The lowest BCUT2D eigenvalue weighted by Gasteiger charge is -2.45. The third kappa shape index (κ3) is 4.68. The van der Waals surface area contributed by atoms with E-state index in [0.29, 0.717) is 29.8 Å². The molecule has 37 heavy (non-hydrogen) atoms. The zero-order chi connectivity index (χ0) is 26.1. The molecule has 0 spiro atoms. The average molecular weight is 504 g/mol. The Kier molecular flexibility index (Phi) is 6.68. The highest BCUT2D eigenvalue weighted by Crippen LogP contribution is 2.34. The zero-order valence-corrected chi connectivity index (χ0v) is 20.1. The van der Waals surface area contributed by atoms with Crippen LogP contribution in [0.2, 0.25) is 0 Å². The van der Waals surface area contributed by atoms with Crippen molar-refractivity contribution in [3.8, 4) is 6.07 Å². The molecular weight excluding hydrogens is 479 g/mol. The zero-order valence-electron chi connectivity index (χ0n) is 20.1. The largest absolute Gasteiger partial charge is 0.367 e. The molecule has 5 rings (SSSR count). The van der Waals surface area contributed by atoms with Crippen LogP contribution >= 0.6 is 0 Å². The highest BCUT2D eigenvalue weighted by Gasteiger charge is 2.35. The van der Waals surface area contributed by atoms with Crippen LogP contribution in [-0.4, -0.2) is 46.8 Å². The second-order valence-corrected chi connectivity index (χ2v) is 9.10. The SMILES string of the molecule is Cn1c(=O)cc(N2CCN(C(c3ccc(F)cc3)c3ccc(F)cc3)[C@H](CF)C2)c2nc(C#N)ccc21. The predicted octanol–water partition coefficient (Wildman–Crippen LogP) is 4.33. The van der Waals surface area contributed by atoms with Crippen molar-refractivity contribution in [2.45, 2.75) is 12.1 Å². The van der Waals surface area contributed by atoms with Gasteiger partial charge in [-0.2, -0.15) is 5.26 Å². The maximum Gasteiger partial charge on any atom is 0.252 e. The number of piperazine rings is 1. The smallest absolute Gasteiger partial charge is 0.252 e. The van der Waals surface area contributed by atoms with E-state index >= 15 is 0 Å². The van der Waals surface area contributed by atoms with E-state index < -0.39 is 18.8 Å². The number of hydrogen-bond acceptors (Lipinski definition) is 5. The Hall–Kier alpha value is -4.16. The molecular formula is C28H24F3N5O. The molecule has 9 heteroatoms. The van der Waals surface area contributed by atoms with Crippen molar-refractivity contribution < 1.29 is 13.2 Å². The van der Waals surface area contributed by atoms with Crippen LogP contribution in [0.5, 0.6) is 0 Å². The van der Waals surface area contributed by atoms with Gasteiger partial charge in [0.2, 0.25) is 0 Å². The van der Waals surface area contributed by atoms with E-state index in [1.165, 1.54) is 34.9 Å². The van der Waals surface area contributed by atoms with E-state index in [1.807, 2.05) is 15.9 Å². The maximum absolute atomic E-state index is 14.6. The van der Waals surface area contributed by atoms with E-state index in [4.69, 9.17) is 0 Å². The number of anilines is 1. The molecule has 0 bridgehead atoms. The van der Waals surface area contributed by atoms with Gasteiger partial charge in [0.1, 0.15) is 35.6 Å². The van der Waals surface area contributed by atoms with Crippen molar-refractivity contribution in [3.63, 3.8) is 0 Å². The fourth-order valence-corrected chi connectivity index (χ4v) is 5.05. The first-order valence-corrected chi connectivity index (χ1v) is 11.9. The van der Waals surface area contributed by atoms with Crippen molar-refractivity contribution in [1.82, 2.24) is 14.5 Å². The molecule has 6 nitrogen and oxygen atoms in total.